The summed E-state index contributed by atoms with van der Waals surface area (Å²) in [5.41, 5.74) is 1.62. The van der Waals surface area contributed by atoms with Gasteiger partial charge in [-0.15, -0.1) is 0 Å². The number of carbonyl (C=O) groups is 2. The number of hydrogen-bond acceptors (Lipinski definition) is 4. The Hall–Kier alpha value is -3.08. The van der Waals surface area contributed by atoms with Crippen LogP contribution in [-0.4, -0.2) is 18.2 Å². The molecule has 0 fully saturated rings. The van der Waals surface area contributed by atoms with Crippen molar-refractivity contribution in [1.82, 2.24) is 0 Å². The lowest BCUT2D eigenvalue weighted by Gasteiger charge is -2.07. The molecule has 4 nitrogen and oxygen atoms in total. The number of halogens is 2. The molecule has 0 spiro atoms. The Morgan fingerprint density at radius 2 is 1.79 bits per heavy atom. The SMILES string of the molecule is O=C(COc1ccc2c(c1)OC(=Cc1ccc(Cl)cc1Cl)C2=O)c1ccccc1. The van der Waals surface area contributed by atoms with Gasteiger partial charge in [0.25, 0.3) is 0 Å². The molecule has 0 aliphatic carbocycles. The zero-order valence-corrected chi connectivity index (χ0v) is 16.5. The minimum Gasteiger partial charge on any atom is -0.485 e. The molecular weight excluding hydrogens is 411 g/mol. The molecule has 1 aliphatic heterocycles. The van der Waals surface area contributed by atoms with E-state index >= 15 is 0 Å². The zero-order chi connectivity index (χ0) is 20.4. The summed E-state index contributed by atoms with van der Waals surface area (Å²) >= 11 is 12.1. The van der Waals surface area contributed by atoms with E-state index in [4.69, 9.17) is 32.7 Å². The monoisotopic (exact) mass is 424 g/mol. The third-order valence-electron chi connectivity index (χ3n) is 4.36. The second-order valence-electron chi connectivity index (χ2n) is 6.34. The highest BCUT2D eigenvalue weighted by atomic mass is 35.5. The number of ether oxygens (including phenoxy) is 2. The van der Waals surface area contributed by atoms with Crippen LogP contribution in [0.25, 0.3) is 6.08 Å². The average molecular weight is 425 g/mol. The summed E-state index contributed by atoms with van der Waals surface area (Å²) in [6, 6.07) is 18.7. The topological polar surface area (TPSA) is 52.6 Å². The van der Waals surface area contributed by atoms with Crippen LogP contribution in [0.5, 0.6) is 11.5 Å². The molecular formula is C23H14Cl2O4. The van der Waals surface area contributed by atoms with Crippen LogP contribution in [0.3, 0.4) is 0 Å². The summed E-state index contributed by atoms with van der Waals surface area (Å²) in [6.45, 7) is -0.111. The van der Waals surface area contributed by atoms with E-state index in [1.165, 1.54) is 0 Å². The standard InChI is InChI=1S/C23H14Cl2O4/c24-16-7-6-15(19(25)11-16)10-22-23(27)18-9-8-17(12-21(18)29-22)28-13-20(26)14-4-2-1-3-5-14/h1-12H,13H2. The highest BCUT2D eigenvalue weighted by Crippen LogP contribution is 2.35. The van der Waals surface area contributed by atoms with Crippen LogP contribution in [0.4, 0.5) is 0 Å². The summed E-state index contributed by atoms with van der Waals surface area (Å²) in [6.07, 6.45) is 1.57. The molecule has 6 heteroatoms. The molecule has 29 heavy (non-hydrogen) atoms. The predicted octanol–water partition coefficient (Wildman–Crippen LogP) is 5.87. The molecule has 144 valence electrons. The summed E-state index contributed by atoms with van der Waals surface area (Å²) in [7, 11) is 0. The number of allylic oxidation sites excluding steroid dienone is 1. The van der Waals surface area contributed by atoms with Crippen molar-refractivity contribution < 1.29 is 19.1 Å². The molecule has 4 rings (SSSR count). The maximum Gasteiger partial charge on any atom is 0.231 e. The largest absolute Gasteiger partial charge is 0.485 e. The van der Waals surface area contributed by atoms with Crippen LogP contribution in [0.2, 0.25) is 10.0 Å². The van der Waals surface area contributed by atoms with E-state index in [-0.39, 0.29) is 23.9 Å². The number of hydrogen-bond donors (Lipinski definition) is 0. The van der Waals surface area contributed by atoms with Crippen molar-refractivity contribution in [3.8, 4) is 11.5 Å². The third-order valence-corrected chi connectivity index (χ3v) is 4.92. The maximum atomic E-state index is 12.6. The van der Waals surface area contributed by atoms with Crippen molar-refractivity contribution in [3.63, 3.8) is 0 Å². The molecule has 0 saturated carbocycles. The van der Waals surface area contributed by atoms with Gasteiger partial charge in [-0.3, -0.25) is 9.59 Å². The predicted molar refractivity (Wildman–Crippen MR) is 112 cm³/mol. The lowest BCUT2D eigenvalue weighted by Crippen LogP contribution is -2.11. The highest BCUT2D eigenvalue weighted by Gasteiger charge is 2.28. The number of rotatable bonds is 5. The molecule has 0 aromatic heterocycles. The molecule has 0 bridgehead atoms. The molecule has 1 aliphatic rings. The van der Waals surface area contributed by atoms with Crippen LogP contribution < -0.4 is 9.47 Å². The van der Waals surface area contributed by atoms with E-state index in [1.807, 2.05) is 6.07 Å². The number of benzene rings is 3. The van der Waals surface area contributed by atoms with Crippen molar-refractivity contribution in [3.05, 3.63) is 99.2 Å². The highest BCUT2D eigenvalue weighted by molar-refractivity contribution is 6.35. The number of carbonyl (C=O) groups excluding carboxylic acids is 2. The van der Waals surface area contributed by atoms with Crippen molar-refractivity contribution >= 4 is 40.8 Å². The van der Waals surface area contributed by atoms with E-state index < -0.39 is 0 Å². The van der Waals surface area contributed by atoms with E-state index in [9.17, 15) is 9.59 Å². The molecule has 0 N–H and O–H groups in total. The van der Waals surface area contributed by atoms with Crippen molar-refractivity contribution in [1.29, 1.82) is 0 Å². The maximum absolute atomic E-state index is 12.6. The number of fused-ring (bicyclic) bond motifs is 1. The summed E-state index contributed by atoms with van der Waals surface area (Å²) in [4.78, 5) is 24.8. The molecule has 0 unspecified atom stereocenters. The number of ketones is 2. The van der Waals surface area contributed by atoms with Crippen molar-refractivity contribution in [2.45, 2.75) is 0 Å². The Morgan fingerprint density at radius 3 is 2.55 bits per heavy atom. The molecule has 0 atom stereocenters. The van der Waals surface area contributed by atoms with Gasteiger partial charge < -0.3 is 9.47 Å². The van der Waals surface area contributed by atoms with Crippen molar-refractivity contribution in [2.24, 2.45) is 0 Å². The third kappa shape index (κ3) is 4.19. The molecule has 3 aromatic rings. The first-order valence-electron chi connectivity index (χ1n) is 8.75. The minimum absolute atomic E-state index is 0.111. The molecule has 3 aromatic carbocycles. The average Bonchev–Trinajstić information content (AvgIpc) is 3.03. The Balaban J connectivity index is 1.50. The lowest BCUT2D eigenvalue weighted by molar-refractivity contribution is 0.0921. The van der Waals surface area contributed by atoms with Gasteiger partial charge in [0.2, 0.25) is 5.78 Å². The van der Waals surface area contributed by atoms with Gasteiger partial charge in [-0.1, -0.05) is 59.6 Å². The summed E-state index contributed by atoms with van der Waals surface area (Å²) in [5.74, 6) is 0.573. The van der Waals surface area contributed by atoms with Gasteiger partial charge in [0.1, 0.15) is 11.5 Å². The number of Topliss-reactive ketones (excluding diaryl/α,β-unsaturated/α-hetero) is 2. The van der Waals surface area contributed by atoms with Crippen molar-refractivity contribution in [2.75, 3.05) is 6.61 Å². The van der Waals surface area contributed by atoms with Gasteiger partial charge in [-0.05, 0) is 35.9 Å². The molecule has 0 radical (unpaired) electrons. The Labute approximate surface area is 177 Å². The first-order chi connectivity index (χ1) is 14.0. The second-order valence-corrected chi connectivity index (χ2v) is 7.19. The van der Waals surface area contributed by atoms with Crippen LogP contribution >= 0.6 is 23.2 Å². The summed E-state index contributed by atoms with van der Waals surface area (Å²) < 4.78 is 11.3. The van der Waals surface area contributed by atoms with Gasteiger partial charge in [0.05, 0.1) is 5.56 Å². The van der Waals surface area contributed by atoms with Crippen LogP contribution in [-0.2, 0) is 0 Å². The van der Waals surface area contributed by atoms with Gasteiger partial charge in [-0.25, -0.2) is 0 Å². The van der Waals surface area contributed by atoms with Crippen LogP contribution in [0.1, 0.15) is 26.3 Å². The zero-order valence-electron chi connectivity index (χ0n) is 15.0. The van der Waals surface area contributed by atoms with Gasteiger partial charge in [0.15, 0.2) is 18.1 Å². The Bertz CT molecular complexity index is 1140. The van der Waals surface area contributed by atoms with E-state index in [1.54, 1.807) is 66.7 Å². The summed E-state index contributed by atoms with van der Waals surface area (Å²) in [5, 5.41) is 0.923. The first-order valence-corrected chi connectivity index (χ1v) is 9.51. The Kier molecular flexibility index (Phi) is 5.38. The molecule has 0 amide bonds. The smallest absolute Gasteiger partial charge is 0.231 e. The van der Waals surface area contributed by atoms with Gasteiger partial charge in [-0.2, -0.15) is 0 Å². The van der Waals surface area contributed by atoms with Gasteiger partial charge in [0, 0.05) is 21.7 Å². The molecule has 1 heterocycles. The van der Waals surface area contributed by atoms with E-state index in [0.29, 0.717) is 38.2 Å². The Morgan fingerprint density at radius 1 is 1.00 bits per heavy atom. The minimum atomic E-state index is -0.252. The van der Waals surface area contributed by atoms with Crippen LogP contribution in [0, 0.1) is 0 Å². The second kappa shape index (κ2) is 8.11. The van der Waals surface area contributed by atoms with E-state index in [0.717, 1.165) is 0 Å². The fourth-order valence-electron chi connectivity index (χ4n) is 2.87. The van der Waals surface area contributed by atoms with E-state index in [2.05, 4.69) is 0 Å². The quantitative estimate of drug-likeness (QED) is 0.379. The normalized spacial score (nSPS) is 13.9. The first kappa shape index (κ1) is 19.2. The fraction of sp³-hybridized carbons (Fsp3) is 0.0435. The van der Waals surface area contributed by atoms with Gasteiger partial charge >= 0.3 is 0 Å². The van der Waals surface area contributed by atoms with Crippen LogP contribution in [0.15, 0.2) is 72.5 Å². The molecule has 0 saturated heterocycles. The lowest BCUT2D eigenvalue weighted by atomic mass is 10.1. The fourth-order valence-corrected chi connectivity index (χ4v) is 3.34.